The molecule has 2 bridgehead atoms. The van der Waals surface area contributed by atoms with Crippen LogP contribution >= 0.6 is 0 Å². The van der Waals surface area contributed by atoms with Crippen molar-refractivity contribution in [2.45, 2.75) is 13.0 Å². The molecule has 4 aliphatic carbocycles. The molecule has 1 aromatic rings. The Hall–Kier alpha value is -2.50. The highest BCUT2D eigenvalue weighted by atomic mass is 16.6. The Morgan fingerprint density at radius 3 is 2.04 bits per heavy atom. The van der Waals surface area contributed by atoms with Crippen molar-refractivity contribution < 1.29 is 14.5 Å². The van der Waals surface area contributed by atoms with Gasteiger partial charge >= 0.3 is 0 Å². The lowest BCUT2D eigenvalue weighted by Crippen LogP contribution is -2.40. The van der Waals surface area contributed by atoms with Gasteiger partial charge in [-0.3, -0.25) is 24.6 Å². The van der Waals surface area contributed by atoms with Crippen molar-refractivity contribution in [3.8, 4) is 0 Å². The van der Waals surface area contributed by atoms with E-state index in [0.717, 1.165) is 12.0 Å². The lowest BCUT2D eigenvalue weighted by molar-refractivity contribution is -0.384. The van der Waals surface area contributed by atoms with Crippen molar-refractivity contribution in [1.29, 1.82) is 0 Å². The maximum atomic E-state index is 12.8. The number of likely N-dealkylation sites (tertiary alicyclic amines) is 1. The number of amides is 2. The van der Waals surface area contributed by atoms with Gasteiger partial charge in [0.15, 0.2) is 0 Å². The van der Waals surface area contributed by atoms with Gasteiger partial charge in [-0.2, -0.15) is 0 Å². The van der Waals surface area contributed by atoms with Crippen LogP contribution in [0.5, 0.6) is 0 Å². The van der Waals surface area contributed by atoms with Gasteiger partial charge in [-0.25, -0.2) is 0 Å². The average molecular weight is 324 g/mol. The minimum atomic E-state index is -0.458. The fraction of sp³-hybridized carbons (Fsp3) is 0.444. The minimum absolute atomic E-state index is 0.00817. The number of carbonyl (C=O) groups is 2. The number of nitro groups is 1. The van der Waals surface area contributed by atoms with Crippen LogP contribution in [0.4, 0.5) is 5.69 Å². The molecule has 3 fully saturated rings. The van der Waals surface area contributed by atoms with E-state index in [4.69, 9.17) is 0 Å². The summed E-state index contributed by atoms with van der Waals surface area (Å²) >= 11 is 0. The average Bonchev–Trinajstić information content (AvgIpc) is 3.36. The molecular weight excluding hydrogens is 308 g/mol. The molecule has 0 spiro atoms. The molecule has 1 aromatic carbocycles. The van der Waals surface area contributed by atoms with E-state index >= 15 is 0 Å². The molecule has 2 saturated carbocycles. The first-order valence-electron chi connectivity index (χ1n) is 8.33. The summed E-state index contributed by atoms with van der Waals surface area (Å²) in [6.07, 6.45) is 5.46. The number of hydrogen-bond acceptors (Lipinski definition) is 4. The summed E-state index contributed by atoms with van der Waals surface area (Å²) in [5.74, 6) is 1.14. The van der Waals surface area contributed by atoms with Gasteiger partial charge in [0.1, 0.15) is 0 Å². The van der Waals surface area contributed by atoms with Gasteiger partial charge in [0.05, 0.1) is 23.3 Å². The third kappa shape index (κ3) is 1.71. The number of nitro benzene ring substituents is 1. The van der Waals surface area contributed by atoms with E-state index in [1.807, 2.05) is 0 Å². The molecule has 6 atom stereocenters. The lowest BCUT2D eigenvalue weighted by atomic mass is 9.63. The van der Waals surface area contributed by atoms with Gasteiger partial charge in [-0.1, -0.05) is 24.3 Å². The Morgan fingerprint density at radius 2 is 1.54 bits per heavy atom. The number of carbonyl (C=O) groups excluding carboxylic acids is 2. The largest absolute Gasteiger partial charge is 0.278 e. The summed E-state index contributed by atoms with van der Waals surface area (Å²) in [6, 6.07) is 6.05. The molecule has 2 amide bonds. The summed E-state index contributed by atoms with van der Waals surface area (Å²) in [5.41, 5.74) is 0.750. The van der Waals surface area contributed by atoms with Gasteiger partial charge in [-0.15, -0.1) is 0 Å². The van der Waals surface area contributed by atoms with E-state index < -0.39 is 4.92 Å². The van der Waals surface area contributed by atoms with Crippen LogP contribution in [0.2, 0.25) is 0 Å². The van der Waals surface area contributed by atoms with Crippen LogP contribution in [0, 0.1) is 45.6 Å². The summed E-state index contributed by atoms with van der Waals surface area (Å²) < 4.78 is 0. The molecule has 5 aliphatic rings. The van der Waals surface area contributed by atoms with Crippen LogP contribution in [-0.4, -0.2) is 21.6 Å². The van der Waals surface area contributed by atoms with E-state index in [1.165, 1.54) is 17.0 Å². The molecular formula is C18H16N2O4. The van der Waals surface area contributed by atoms with Gasteiger partial charge in [0.25, 0.3) is 5.69 Å². The first-order valence-corrected chi connectivity index (χ1v) is 8.33. The molecule has 1 aliphatic heterocycles. The Kier molecular flexibility index (Phi) is 2.62. The Bertz CT molecular complexity index is 764. The van der Waals surface area contributed by atoms with E-state index in [0.29, 0.717) is 11.8 Å². The van der Waals surface area contributed by atoms with Gasteiger partial charge in [0, 0.05) is 12.1 Å². The summed E-state index contributed by atoms with van der Waals surface area (Å²) in [7, 11) is 0. The summed E-state index contributed by atoms with van der Waals surface area (Å²) in [5, 5.41) is 10.7. The first kappa shape index (κ1) is 13.9. The van der Waals surface area contributed by atoms with Crippen molar-refractivity contribution >= 4 is 17.5 Å². The first-order chi connectivity index (χ1) is 11.6. The number of benzene rings is 1. The molecule has 1 saturated heterocycles. The number of allylic oxidation sites excluding steroid dienone is 2. The summed E-state index contributed by atoms with van der Waals surface area (Å²) in [6.45, 7) is 0.206. The fourth-order valence-electron chi connectivity index (χ4n) is 5.08. The monoisotopic (exact) mass is 324 g/mol. The van der Waals surface area contributed by atoms with Crippen LogP contribution in [0.1, 0.15) is 12.0 Å². The van der Waals surface area contributed by atoms with Crippen LogP contribution < -0.4 is 0 Å². The topological polar surface area (TPSA) is 80.5 Å². The van der Waals surface area contributed by atoms with Crippen molar-refractivity contribution in [2.75, 3.05) is 0 Å². The zero-order valence-corrected chi connectivity index (χ0v) is 12.9. The SMILES string of the molecule is O=C1[C@@H]2[C@H]3C=C[C@@H]([C@@H]4C[C@H]34)[C@H]2C(=O)N1Cc1ccc([N+](=O)[O-])cc1. The van der Waals surface area contributed by atoms with Gasteiger partial charge in [0.2, 0.25) is 11.8 Å². The van der Waals surface area contributed by atoms with Crippen molar-refractivity contribution in [3.05, 3.63) is 52.1 Å². The van der Waals surface area contributed by atoms with Crippen LogP contribution in [0.3, 0.4) is 0 Å². The number of non-ortho nitro benzene ring substituents is 1. The normalized spacial score (nSPS) is 38.2. The highest BCUT2D eigenvalue weighted by molar-refractivity contribution is 6.06. The number of hydrogen-bond donors (Lipinski definition) is 0. The molecule has 6 nitrogen and oxygen atoms in total. The third-order valence-corrected chi connectivity index (χ3v) is 6.24. The number of nitrogens with zero attached hydrogens (tertiary/aromatic N) is 2. The molecule has 0 aromatic heterocycles. The molecule has 6 rings (SSSR count). The Labute approximate surface area is 138 Å². The van der Waals surface area contributed by atoms with Crippen LogP contribution in [0.25, 0.3) is 0 Å². The molecule has 24 heavy (non-hydrogen) atoms. The Balaban J connectivity index is 1.41. The zero-order valence-electron chi connectivity index (χ0n) is 12.9. The van der Waals surface area contributed by atoms with Crippen molar-refractivity contribution in [1.82, 2.24) is 4.90 Å². The van der Waals surface area contributed by atoms with E-state index in [2.05, 4.69) is 12.2 Å². The smallest absolute Gasteiger partial charge is 0.269 e. The predicted molar refractivity (Wildman–Crippen MR) is 83.4 cm³/mol. The molecule has 0 radical (unpaired) electrons. The van der Waals surface area contributed by atoms with Crippen LogP contribution in [0.15, 0.2) is 36.4 Å². The minimum Gasteiger partial charge on any atom is -0.278 e. The number of rotatable bonds is 3. The lowest BCUT2D eigenvalue weighted by Gasteiger charge is -2.37. The molecule has 122 valence electrons. The van der Waals surface area contributed by atoms with E-state index in [9.17, 15) is 19.7 Å². The highest BCUT2D eigenvalue weighted by Gasteiger charge is 2.66. The molecule has 0 N–H and O–H groups in total. The second-order valence-electron chi connectivity index (χ2n) is 7.34. The zero-order chi connectivity index (χ0) is 16.6. The van der Waals surface area contributed by atoms with Crippen molar-refractivity contribution in [2.24, 2.45) is 35.5 Å². The third-order valence-electron chi connectivity index (χ3n) is 6.24. The van der Waals surface area contributed by atoms with E-state index in [-0.39, 0.29) is 47.7 Å². The maximum Gasteiger partial charge on any atom is 0.269 e. The predicted octanol–water partition coefficient (Wildman–Crippen LogP) is 2.15. The highest BCUT2D eigenvalue weighted by Crippen LogP contribution is 2.65. The molecule has 6 heteroatoms. The second kappa shape index (κ2) is 4.53. The molecule has 1 heterocycles. The quantitative estimate of drug-likeness (QED) is 0.369. The second-order valence-corrected chi connectivity index (χ2v) is 7.34. The van der Waals surface area contributed by atoms with Gasteiger partial charge < -0.3 is 0 Å². The van der Waals surface area contributed by atoms with Crippen molar-refractivity contribution in [3.63, 3.8) is 0 Å². The summed E-state index contributed by atoms with van der Waals surface area (Å²) in [4.78, 5) is 37.3. The van der Waals surface area contributed by atoms with E-state index in [1.54, 1.807) is 12.1 Å². The maximum absolute atomic E-state index is 12.8. The standard InChI is InChI=1S/C18H16N2O4/c21-17-15-11-5-6-12(14-7-13(11)14)16(15)18(22)19(17)8-9-1-3-10(4-2-9)20(23)24/h1-6,11-16H,7-8H2/t11-,12-,13-,14+,15+,16+/m0/s1. The Morgan fingerprint density at radius 1 is 1.00 bits per heavy atom. The molecule has 0 unspecified atom stereocenters. The fourth-order valence-corrected chi connectivity index (χ4v) is 5.08. The number of imide groups is 1. The van der Waals surface area contributed by atoms with Crippen LogP contribution in [-0.2, 0) is 16.1 Å². The van der Waals surface area contributed by atoms with Gasteiger partial charge in [-0.05, 0) is 35.7 Å².